The smallest absolute Gasteiger partial charge is 0.325 e. The maximum atomic E-state index is 11.5. The van der Waals surface area contributed by atoms with Gasteiger partial charge < -0.3 is 19.7 Å². The van der Waals surface area contributed by atoms with Crippen LogP contribution < -0.4 is 9.47 Å². The maximum absolute atomic E-state index is 11.5. The van der Waals surface area contributed by atoms with Gasteiger partial charge in [0.15, 0.2) is 11.5 Å². The summed E-state index contributed by atoms with van der Waals surface area (Å²) in [5, 5.41) is 18.5. The number of carboxylic acid groups (broad SMARTS) is 1. The van der Waals surface area contributed by atoms with Gasteiger partial charge in [-0.05, 0) is 24.2 Å². The second-order valence-electron chi connectivity index (χ2n) is 4.21. The molecule has 6 nitrogen and oxygen atoms in total. The van der Waals surface area contributed by atoms with Crippen LogP contribution in [0.15, 0.2) is 18.2 Å². The number of aliphatic hydroxyl groups is 1. The van der Waals surface area contributed by atoms with Crippen LogP contribution in [0.1, 0.15) is 18.5 Å². The van der Waals surface area contributed by atoms with E-state index in [1.165, 1.54) is 14.2 Å². The SMILES string of the molecule is CCN(CCO)C(C(=O)O)c1ccc(OC)c(OC)c1. The Morgan fingerprint density at radius 1 is 1.30 bits per heavy atom. The number of carboxylic acids is 1. The lowest BCUT2D eigenvalue weighted by Gasteiger charge is -2.27. The number of aliphatic carboxylic acids is 1. The van der Waals surface area contributed by atoms with Crippen LogP contribution in [0, 0.1) is 0 Å². The second-order valence-corrected chi connectivity index (χ2v) is 4.21. The van der Waals surface area contributed by atoms with Gasteiger partial charge in [0.1, 0.15) is 6.04 Å². The molecule has 0 saturated heterocycles. The highest BCUT2D eigenvalue weighted by Gasteiger charge is 2.27. The molecule has 0 heterocycles. The van der Waals surface area contributed by atoms with Crippen LogP contribution in [-0.2, 0) is 4.79 Å². The Labute approximate surface area is 118 Å². The molecule has 0 fully saturated rings. The first kappa shape index (κ1) is 16.3. The van der Waals surface area contributed by atoms with Gasteiger partial charge in [-0.15, -0.1) is 0 Å². The summed E-state index contributed by atoms with van der Waals surface area (Å²) >= 11 is 0. The summed E-state index contributed by atoms with van der Waals surface area (Å²) in [6.07, 6.45) is 0. The van der Waals surface area contributed by atoms with E-state index in [9.17, 15) is 9.90 Å². The molecule has 0 radical (unpaired) electrons. The van der Waals surface area contributed by atoms with E-state index in [1.54, 1.807) is 23.1 Å². The Balaban J connectivity index is 3.17. The highest BCUT2D eigenvalue weighted by molar-refractivity contribution is 5.76. The first-order valence-corrected chi connectivity index (χ1v) is 6.38. The third-order valence-electron chi connectivity index (χ3n) is 3.12. The molecule has 0 bridgehead atoms. The minimum Gasteiger partial charge on any atom is -0.493 e. The molecule has 112 valence electrons. The molecule has 0 amide bonds. The molecule has 2 N–H and O–H groups in total. The molecular formula is C14H21NO5. The maximum Gasteiger partial charge on any atom is 0.325 e. The third-order valence-corrected chi connectivity index (χ3v) is 3.12. The van der Waals surface area contributed by atoms with Crippen molar-refractivity contribution in [1.29, 1.82) is 0 Å². The predicted molar refractivity (Wildman–Crippen MR) is 74.3 cm³/mol. The Morgan fingerprint density at radius 3 is 2.40 bits per heavy atom. The zero-order valence-corrected chi connectivity index (χ0v) is 12.0. The van der Waals surface area contributed by atoms with Crippen molar-refractivity contribution >= 4 is 5.97 Å². The Bertz CT molecular complexity index is 449. The van der Waals surface area contributed by atoms with Crippen molar-refractivity contribution in [1.82, 2.24) is 4.90 Å². The van der Waals surface area contributed by atoms with Crippen LogP contribution >= 0.6 is 0 Å². The van der Waals surface area contributed by atoms with Crippen molar-refractivity contribution < 1.29 is 24.5 Å². The molecular weight excluding hydrogens is 262 g/mol. The average Bonchev–Trinajstić information content (AvgIpc) is 2.46. The van der Waals surface area contributed by atoms with Crippen LogP contribution in [0.5, 0.6) is 11.5 Å². The van der Waals surface area contributed by atoms with Crippen LogP contribution in [0.3, 0.4) is 0 Å². The summed E-state index contributed by atoms with van der Waals surface area (Å²) in [5.74, 6) is 0.0643. The fourth-order valence-corrected chi connectivity index (χ4v) is 2.13. The Morgan fingerprint density at radius 2 is 1.95 bits per heavy atom. The highest BCUT2D eigenvalue weighted by Crippen LogP contribution is 2.32. The predicted octanol–water partition coefficient (Wildman–Crippen LogP) is 1.14. The fraction of sp³-hybridized carbons (Fsp3) is 0.500. The summed E-state index contributed by atoms with van der Waals surface area (Å²) in [6, 6.07) is 4.20. The van der Waals surface area contributed by atoms with Gasteiger partial charge in [-0.25, -0.2) is 0 Å². The average molecular weight is 283 g/mol. The van der Waals surface area contributed by atoms with E-state index in [0.29, 0.717) is 30.2 Å². The molecule has 0 spiro atoms. The van der Waals surface area contributed by atoms with Gasteiger partial charge in [0, 0.05) is 6.54 Å². The van der Waals surface area contributed by atoms with Gasteiger partial charge in [0.2, 0.25) is 0 Å². The first-order valence-electron chi connectivity index (χ1n) is 6.38. The lowest BCUT2D eigenvalue weighted by atomic mass is 10.0. The summed E-state index contributed by atoms with van der Waals surface area (Å²) in [5.41, 5.74) is 0.588. The minimum atomic E-state index is -0.965. The minimum absolute atomic E-state index is 0.0924. The molecule has 1 rings (SSSR count). The summed E-state index contributed by atoms with van der Waals surface area (Å²) in [4.78, 5) is 13.2. The Hall–Kier alpha value is -1.79. The third kappa shape index (κ3) is 3.61. The van der Waals surface area contributed by atoms with Crippen molar-refractivity contribution in [2.75, 3.05) is 33.9 Å². The van der Waals surface area contributed by atoms with E-state index in [2.05, 4.69) is 0 Å². The zero-order chi connectivity index (χ0) is 15.1. The quantitative estimate of drug-likeness (QED) is 0.745. The lowest BCUT2D eigenvalue weighted by molar-refractivity contribution is -0.143. The van der Waals surface area contributed by atoms with Crippen molar-refractivity contribution in [3.8, 4) is 11.5 Å². The highest BCUT2D eigenvalue weighted by atomic mass is 16.5. The van der Waals surface area contributed by atoms with Crippen LogP contribution in [0.2, 0.25) is 0 Å². The molecule has 1 atom stereocenters. The second kappa shape index (κ2) is 7.72. The monoisotopic (exact) mass is 283 g/mol. The van der Waals surface area contributed by atoms with Crippen molar-refractivity contribution in [3.63, 3.8) is 0 Å². The number of likely N-dealkylation sites (N-methyl/N-ethyl adjacent to an activating group) is 1. The fourth-order valence-electron chi connectivity index (χ4n) is 2.13. The van der Waals surface area contributed by atoms with E-state index in [1.807, 2.05) is 6.92 Å². The largest absolute Gasteiger partial charge is 0.493 e. The summed E-state index contributed by atoms with van der Waals surface area (Å²) < 4.78 is 10.3. The van der Waals surface area contributed by atoms with E-state index < -0.39 is 12.0 Å². The van der Waals surface area contributed by atoms with Gasteiger partial charge in [-0.1, -0.05) is 13.0 Å². The lowest BCUT2D eigenvalue weighted by Crippen LogP contribution is -2.36. The van der Waals surface area contributed by atoms with Crippen LogP contribution in [-0.4, -0.2) is 55.0 Å². The van der Waals surface area contributed by atoms with Crippen molar-refractivity contribution in [3.05, 3.63) is 23.8 Å². The molecule has 0 aliphatic carbocycles. The normalized spacial score (nSPS) is 12.2. The van der Waals surface area contributed by atoms with Gasteiger partial charge >= 0.3 is 5.97 Å². The molecule has 0 aliphatic heterocycles. The number of carbonyl (C=O) groups is 1. The molecule has 0 saturated carbocycles. The van der Waals surface area contributed by atoms with E-state index in [4.69, 9.17) is 14.6 Å². The van der Waals surface area contributed by atoms with Gasteiger partial charge in [0.25, 0.3) is 0 Å². The van der Waals surface area contributed by atoms with E-state index in [-0.39, 0.29) is 6.61 Å². The van der Waals surface area contributed by atoms with E-state index >= 15 is 0 Å². The molecule has 1 aromatic carbocycles. The standard InChI is InChI=1S/C14H21NO5/c1-4-15(7-8-16)13(14(17)18)10-5-6-11(19-2)12(9-10)20-3/h5-6,9,13,16H,4,7-8H2,1-3H3,(H,17,18). The molecule has 1 unspecified atom stereocenters. The van der Waals surface area contributed by atoms with Crippen molar-refractivity contribution in [2.24, 2.45) is 0 Å². The van der Waals surface area contributed by atoms with Gasteiger partial charge in [-0.2, -0.15) is 0 Å². The van der Waals surface area contributed by atoms with Gasteiger partial charge in [0.05, 0.1) is 20.8 Å². The number of nitrogens with zero attached hydrogens (tertiary/aromatic N) is 1. The zero-order valence-electron chi connectivity index (χ0n) is 12.0. The Kier molecular flexibility index (Phi) is 6.27. The summed E-state index contributed by atoms with van der Waals surface area (Å²) in [6.45, 7) is 2.57. The number of rotatable bonds is 8. The molecule has 6 heteroatoms. The molecule has 0 aliphatic rings. The van der Waals surface area contributed by atoms with Crippen LogP contribution in [0.4, 0.5) is 0 Å². The van der Waals surface area contributed by atoms with E-state index in [0.717, 1.165) is 0 Å². The number of hydrogen-bond donors (Lipinski definition) is 2. The molecule has 0 aromatic heterocycles. The molecule has 1 aromatic rings. The number of aliphatic hydroxyl groups excluding tert-OH is 1. The van der Waals surface area contributed by atoms with Crippen LogP contribution in [0.25, 0.3) is 0 Å². The number of benzene rings is 1. The first-order chi connectivity index (χ1) is 9.58. The number of hydrogen-bond acceptors (Lipinski definition) is 5. The summed E-state index contributed by atoms with van der Waals surface area (Å²) in [7, 11) is 3.03. The van der Waals surface area contributed by atoms with Gasteiger partial charge in [-0.3, -0.25) is 9.69 Å². The number of methoxy groups -OCH3 is 2. The number of ether oxygens (including phenoxy) is 2. The van der Waals surface area contributed by atoms with Crippen molar-refractivity contribution in [2.45, 2.75) is 13.0 Å². The molecule has 20 heavy (non-hydrogen) atoms. The topological polar surface area (TPSA) is 79.2 Å².